The van der Waals surface area contributed by atoms with Crippen molar-refractivity contribution in [1.29, 1.82) is 0 Å². The van der Waals surface area contributed by atoms with Gasteiger partial charge in [0.25, 0.3) is 0 Å². The Labute approximate surface area is 218 Å². The van der Waals surface area contributed by atoms with Gasteiger partial charge in [-0.05, 0) is 43.3 Å². The maximum Gasteiger partial charge on any atom is 0.326 e. The summed E-state index contributed by atoms with van der Waals surface area (Å²) in [6.07, 6.45) is 6.91. The summed E-state index contributed by atoms with van der Waals surface area (Å²) in [6, 6.07) is -4.34. The third-order valence-corrected chi connectivity index (χ3v) is 6.40. The molecule has 4 unspecified atom stereocenters. The van der Waals surface area contributed by atoms with Crippen molar-refractivity contribution in [2.45, 2.75) is 56.3 Å². The van der Waals surface area contributed by atoms with Crippen LogP contribution in [-0.2, 0) is 30.4 Å². The van der Waals surface area contributed by atoms with Crippen molar-refractivity contribution in [3.63, 3.8) is 0 Å². The molecule has 0 bridgehead atoms. The summed E-state index contributed by atoms with van der Waals surface area (Å²) in [5, 5.41) is 17.0. The number of rotatable bonds is 18. The number of H-pyrrole nitrogens is 1. The standard InChI is InChI=1S/C21H35N7O6S2/c1-35-7-5-15(26-18(30)13(22)9-12-10-24-11-25-12)20(32)27-14(3-4-17(23)29)19(31)28-16(21(33)34)6-8-36-2/h10-11,13-16H,3-9,22H2,1-2H3,(H2,23,29)(H,24,25)(H,26,30)(H,27,32)(H,28,31)(H,33,34). The van der Waals surface area contributed by atoms with Crippen LogP contribution in [-0.4, -0.2) is 92.9 Å². The first-order valence-corrected chi connectivity index (χ1v) is 14.0. The van der Waals surface area contributed by atoms with E-state index in [1.165, 1.54) is 36.0 Å². The molecule has 0 aliphatic carbocycles. The minimum absolute atomic E-state index is 0.135. The van der Waals surface area contributed by atoms with E-state index in [2.05, 4.69) is 25.9 Å². The van der Waals surface area contributed by atoms with Gasteiger partial charge in [0.05, 0.1) is 12.4 Å². The van der Waals surface area contributed by atoms with Crippen LogP contribution in [0.15, 0.2) is 12.5 Å². The van der Waals surface area contributed by atoms with E-state index in [1.807, 2.05) is 6.26 Å². The monoisotopic (exact) mass is 545 g/mol. The number of thioether (sulfide) groups is 2. The third kappa shape index (κ3) is 11.8. The molecule has 0 aromatic carbocycles. The highest BCUT2D eigenvalue weighted by atomic mass is 32.2. The third-order valence-electron chi connectivity index (χ3n) is 5.11. The molecule has 0 fully saturated rings. The number of aromatic nitrogens is 2. The van der Waals surface area contributed by atoms with Gasteiger partial charge < -0.3 is 37.5 Å². The zero-order valence-corrected chi connectivity index (χ0v) is 22.0. The quantitative estimate of drug-likeness (QED) is 0.114. The molecule has 0 radical (unpaired) electrons. The Kier molecular flexibility index (Phi) is 14.6. The van der Waals surface area contributed by atoms with Gasteiger partial charge in [0.15, 0.2) is 0 Å². The number of carboxylic acids is 1. The number of nitrogens with two attached hydrogens (primary N) is 2. The summed E-state index contributed by atoms with van der Waals surface area (Å²) in [5.74, 6) is -2.85. The molecule has 1 rings (SSSR count). The zero-order chi connectivity index (χ0) is 27.1. The lowest BCUT2D eigenvalue weighted by Crippen LogP contribution is -2.57. The van der Waals surface area contributed by atoms with Crippen molar-refractivity contribution < 1.29 is 29.1 Å². The van der Waals surface area contributed by atoms with Crippen molar-refractivity contribution in [1.82, 2.24) is 25.9 Å². The number of imidazole rings is 1. The van der Waals surface area contributed by atoms with E-state index in [0.717, 1.165) is 0 Å². The Morgan fingerprint density at radius 2 is 1.47 bits per heavy atom. The molecule has 9 N–H and O–H groups in total. The fourth-order valence-corrected chi connectivity index (χ4v) is 4.05. The maximum atomic E-state index is 13.1. The number of hydrogen-bond donors (Lipinski definition) is 7. The minimum atomic E-state index is -1.23. The predicted molar refractivity (Wildman–Crippen MR) is 138 cm³/mol. The van der Waals surface area contributed by atoms with Gasteiger partial charge in [0.1, 0.15) is 18.1 Å². The molecule has 4 atom stereocenters. The second-order valence-corrected chi connectivity index (χ2v) is 9.95. The van der Waals surface area contributed by atoms with Crippen LogP contribution in [0, 0.1) is 0 Å². The van der Waals surface area contributed by atoms with Crippen LogP contribution in [0.25, 0.3) is 0 Å². The molecule has 13 nitrogen and oxygen atoms in total. The fourth-order valence-electron chi connectivity index (χ4n) is 3.10. The topological polar surface area (TPSA) is 222 Å². The smallest absolute Gasteiger partial charge is 0.326 e. The number of nitrogens with zero attached hydrogens (tertiary/aromatic N) is 1. The second kappa shape index (κ2) is 16.8. The van der Waals surface area contributed by atoms with E-state index in [1.54, 1.807) is 6.26 Å². The summed E-state index contributed by atoms with van der Waals surface area (Å²) < 4.78 is 0. The van der Waals surface area contributed by atoms with Crippen LogP contribution in [0.5, 0.6) is 0 Å². The normalized spacial score (nSPS) is 14.2. The first kappa shape index (κ1) is 31.3. The molecule has 1 heterocycles. The Morgan fingerprint density at radius 3 is 1.97 bits per heavy atom. The number of carbonyl (C=O) groups is 5. The Bertz CT molecular complexity index is 871. The summed E-state index contributed by atoms with van der Waals surface area (Å²) >= 11 is 2.89. The van der Waals surface area contributed by atoms with Crippen molar-refractivity contribution in [3.8, 4) is 0 Å². The number of amides is 4. The Balaban J connectivity index is 2.93. The minimum Gasteiger partial charge on any atom is -0.480 e. The molecule has 15 heteroatoms. The number of carboxylic acid groups (broad SMARTS) is 1. The molecule has 36 heavy (non-hydrogen) atoms. The van der Waals surface area contributed by atoms with Gasteiger partial charge in [-0.15, -0.1) is 0 Å². The van der Waals surface area contributed by atoms with E-state index < -0.39 is 53.8 Å². The zero-order valence-electron chi connectivity index (χ0n) is 20.3. The van der Waals surface area contributed by atoms with Crippen LogP contribution < -0.4 is 27.4 Å². The molecule has 4 amide bonds. The molecule has 0 saturated heterocycles. The summed E-state index contributed by atoms with van der Waals surface area (Å²) in [5.41, 5.74) is 11.8. The predicted octanol–water partition coefficient (Wildman–Crippen LogP) is -1.41. The lowest BCUT2D eigenvalue weighted by atomic mass is 10.1. The molecule has 1 aromatic rings. The molecule has 1 aromatic heterocycles. The number of primary amides is 1. The van der Waals surface area contributed by atoms with Crippen LogP contribution in [0.3, 0.4) is 0 Å². The summed E-state index contributed by atoms with van der Waals surface area (Å²) in [6.45, 7) is 0. The number of nitrogens with one attached hydrogen (secondary N) is 4. The first-order valence-electron chi connectivity index (χ1n) is 11.2. The largest absolute Gasteiger partial charge is 0.480 e. The van der Waals surface area contributed by atoms with Crippen LogP contribution in [0.2, 0.25) is 0 Å². The number of aliphatic carboxylic acids is 1. The Hall–Kier alpha value is -2.78. The lowest BCUT2D eigenvalue weighted by molar-refractivity contribution is -0.142. The highest BCUT2D eigenvalue weighted by Crippen LogP contribution is 2.07. The van der Waals surface area contributed by atoms with E-state index in [4.69, 9.17) is 11.5 Å². The first-order chi connectivity index (χ1) is 17.1. The van der Waals surface area contributed by atoms with Gasteiger partial charge >= 0.3 is 5.97 Å². The van der Waals surface area contributed by atoms with Crippen LogP contribution in [0.4, 0.5) is 0 Å². The van der Waals surface area contributed by atoms with E-state index >= 15 is 0 Å². The van der Waals surface area contributed by atoms with Gasteiger partial charge in [0, 0.05) is 24.7 Å². The average Bonchev–Trinajstić information content (AvgIpc) is 3.34. The van der Waals surface area contributed by atoms with Gasteiger partial charge in [-0.2, -0.15) is 23.5 Å². The van der Waals surface area contributed by atoms with Crippen molar-refractivity contribution in [2.24, 2.45) is 11.5 Å². The fraction of sp³-hybridized carbons (Fsp3) is 0.619. The Morgan fingerprint density at radius 1 is 0.944 bits per heavy atom. The molecule has 0 aliphatic heterocycles. The van der Waals surface area contributed by atoms with Crippen molar-refractivity contribution in [2.75, 3.05) is 24.0 Å². The highest BCUT2D eigenvalue weighted by molar-refractivity contribution is 7.98. The highest BCUT2D eigenvalue weighted by Gasteiger charge is 2.30. The van der Waals surface area contributed by atoms with Gasteiger partial charge in [-0.1, -0.05) is 0 Å². The van der Waals surface area contributed by atoms with Gasteiger partial charge in [-0.3, -0.25) is 19.2 Å². The summed E-state index contributed by atoms with van der Waals surface area (Å²) in [4.78, 5) is 68.1. The van der Waals surface area contributed by atoms with E-state index in [9.17, 15) is 29.1 Å². The average molecular weight is 546 g/mol. The summed E-state index contributed by atoms with van der Waals surface area (Å²) in [7, 11) is 0. The van der Waals surface area contributed by atoms with Gasteiger partial charge in [-0.25, -0.2) is 9.78 Å². The number of carbonyl (C=O) groups excluding carboxylic acids is 4. The molecular weight excluding hydrogens is 510 g/mol. The number of hydrogen-bond acceptors (Lipinski definition) is 9. The van der Waals surface area contributed by atoms with Crippen molar-refractivity contribution in [3.05, 3.63) is 18.2 Å². The lowest BCUT2D eigenvalue weighted by Gasteiger charge is -2.25. The van der Waals surface area contributed by atoms with Crippen molar-refractivity contribution >= 4 is 53.1 Å². The maximum absolute atomic E-state index is 13.1. The molecule has 0 aliphatic rings. The van der Waals surface area contributed by atoms with Crippen LogP contribution >= 0.6 is 23.5 Å². The van der Waals surface area contributed by atoms with E-state index in [0.29, 0.717) is 17.2 Å². The molecular formula is C21H35N7O6S2. The van der Waals surface area contributed by atoms with E-state index in [-0.39, 0.29) is 32.1 Å². The SMILES string of the molecule is CSCCC(NC(=O)C(CCC(N)=O)NC(=O)C(CCSC)NC(=O)C(N)Cc1cnc[nH]1)C(=O)O. The number of aromatic amines is 1. The molecule has 0 saturated carbocycles. The molecule has 0 spiro atoms. The van der Waals surface area contributed by atoms with Gasteiger partial charge in [0.2, 0.25) is 23.6 Å². The molecule has 202 valence electrons. The van der Waals surface area contributed by atoms with Crippen LogP contribution in [0.1, 0.15) is 31.4 Å². The second-order valence-electron chi connectivity index (χ2n) is 7.98.